The van der Waals surface area contributed by atoms with Crippen molar-refractivity contribution in [3.63, 3.8) is 0 Å². The van der Waals surface area contributed by atoms with Crippen LogP contribution in [0.5, 0.6) is 11.5 Å². The lowest BCUT2D eigenvalue weighted by molar-refractivity contribution is -0.146. The molecule has 0 atom stereocenters. The molecule has 114 valence electrons. The fourth-order valence-electron chi connectivity index (χ4n) is 1.80. The Kier molecular flexibility index (Phi) is 3.95. The first-order chi connectivity index (χ1) is 9.77. The summed E-state index contributed by atoms with van der Waals surface area (Å²) in [6.07, 6.45) is -4.63. The lowest BCUT2D eigenvalue weighted by atomic mass is 10.2. The van der Waals surface area contributed by atoms with Crippen LogP contribution in [0.25, 0.3) is 5.69 Å². The van der Waals surface area contributed by atoms with Gasteiger partial charge in [-0.3, -0.25) is 4.57 Å². The summed E-state index contributed by atoms with van der Waals surface area (Å²) in [5.74, 6) is -0.406. The van der Waals surface area contributed by atoms with Crippen LogP contribution in [0, 0.1) is 4.77 Å². The third-order valence-corrected chi connectivity index (χ3v) is 3.22. The minimum absolute atomic E-state index is 0.0855. The quantitative estimate of drug-likeness (QED) is 0.816. The summed E-state index contributed by atoms with van der Waals surface area (Å²) in [4.78, 5) is 0. The Morgan fingerprint density at radius 3 is 2.05 bits per heavy atom. The van der Waals surface area contributed by atoms with Gasteiger partial charge < -0.3 is 9.47 Å². The molecule has 1 aromatic heterocycles. The van der Waals surface area contributed by atoms with Gasteiger partial charge in [-0.1, -0.05) is 0 Å². The predicted molar refractivity (Wildman–Crippen MR) is 71.5 cm³/mol. The second-order valence-electron chi connectivity index (χ2n) is 4.13. The molecule has 9 heteroatoms. The fourth-order valence-corrected chi connectivity index (χ4v) is 2.04. The number of methoxy groups -OCH3 is 2. The average Bonchev–Trinajstić information content (AvgIpc) is 2.74. The highest BCUT2D eigenvalue weighted by Gasteiger charge is 2.38. The summed E-state index contributed by atoms with van der Waals surface area (Å²) in [7, 11) is 4.17. The molecule has 0 unspecified atom stereocenters. The maximum Gasteiger partial charge on any atom is 0.452 e. The van der Waals surface area contributed by atoms with E-state index in [1.165, 1.54) is 33.4 Å². The first kappa shape index (κ1) is 15.4. The van der Waals surface area contributed by atoms with E-state index in [0.29, 0.717) is 11.5 Å². The average molecular weight is 319 g/mol. The Labute approximate surface area is 123 Å². The molecule has 0 saturated heterocycles. The number of aromatic nitrogens is 3. The van der Waals surface area contributed by atoms with Crippen LogP contribution in [-0.2, 0) is 13.2 Å². The second kappa shape index (κ2) is 5.40. The molecule has 0 bridgehead atoms. The highest BCUT2D eigenvalue weighted by atomic mass is 32.1. The molecule has 1 aromatic carbocycles. The minimum atomic E-state index is -4.63. The van der Waals surface area contributed by atoms with E-state index in [9.17, 15) is 13.2 Å². The van der Waals surface area contributed by atoms with E-state index in [1.807, 2.05) is 0 Å². The van der Waals surface area contributed by atoms with E-state index in [1.54, 1.807) is 6.07 Å². The molecule has 0 aliphatic carbocycles. The van der Waals surface area contributed by atoms with Crippen LogP contribution in [0.2, 0.25) is 0 Å². The SMILES string of the molecule is COc1cc(OC)cc(-n2c(C(F)(F)F)nn(C)c2=S)c1. The van der Waals surface area contributed by atoms with E-state index in [4.69, 9.17) is 21.7 Å². The van der Waals surface area contributed by atoms with Gasteiger partial charge in [-0.05, 0) is 12.2 Å². The Hall–Kier alpha value is -2.03. The van der Waals surface area contributed by atoms with Gasteiger partial charge in [0.1, 0.15) is 11.5 Å². The molecule has 0 radical (unpaired) electrons. The van der Waals surface area contributed by atoms with Crippen LogP contribution >= 0.6 is 12.2 Å². The zero-order chi connectivity index (χ0) is 15.8. The molecule has 2 aromatic rings. The third-order valence-electron chi connectivity index (χ3n) is 2.77. The summed E-state index contributed by atoms with van der Waals surface area (Å²) in [5, 5.41) is 3.44. The number of hydrogen-bond donors (Lipinski definition) is 0. The van der Waals surface area contributed by atoms with Gasteiger partial charge in [0.25, 0.3) is 0 Å². The Balaban J connectivity index is 2.75. The summed E-state index contributed by atoms with van der Waals surface area (Å²) < 4.78 is 51.1. The van der Waals surface area contributed by atoms with E-state index in [-0.39, 0.29) is 10.5 Å². The smallest absolute Gasteiger partial charge is 0.452 e. The lowest BCUT2D eigenvalue weighted by Gasteiger charge is -2.12. The first-order valence-corrected chi connectivity index (χ1v) is 6.15. The molecule has 0 fully saturated rings. The van der Waals surface area contributed by atoms with Crippen molar-refractivity contribution in [2.24, 2.45) is 7.05 Å². The third kappa shape index (κ3) is 2.87. The van der Waals surface area contributed by atoms with Crippen LogP contribution in [0.15, 0.2) is 18.2 Å². The van der Waals surface area contributed by atoms with Crippen molar-refractivity contribution in [1.29, 1.82) is 0 Å². The van der Waals surface area contributed by atoms with Crippen molar-refractivity contribution in [3.05, 3.63) is 28.8 Å². The number of aryl methyl sites for hydroxylation is 1. The van der Waals surface area contributed by atoms with E-state index in [0.717, 1.165) is 9.25 Å². The summed E-state index contributed by atoms with van der Waals surface area (Å²) >= 11 is 5.01. The first-order valence-electron chi connectivity index (χ1n) is 5.74. The van der Waals surface area contributed by atoms with Crippen LogP contribution in [0.1, 0.15) is 5.82 Å². The molecule has 0 saturated carbocycles. The molecular weight excluding hydrogens is 307 g/mol. The molecule has 0 N–H and O–H groups in total. The van der Waals surface area contributed by atoms with Gasteiger partial charge >= 0.3 is 6.18 Å². The molecule has 1 heterocycles. The Morgan fingerprint density at radius 1 is 1.10 bits per heavy atom. The normalized spacial score (nSPS) is 11.5. The Bertz CT molecular complexity index is 699. The van der Waals surface area contributed by atoms with Crippen molar-refractivity contribution in [3.8, 4) is 17.2 Å². The zero-order valence-electron chi connectivity index (χ0n) is 11.4. The van der Waals surface area contributed by atoms with Gasteiger partial charge in [-0.15, -0.1) is 5.10 Å². The van der Waals surface area contributed by atoms with Gasteiger partial charge in [0, 0.05) is 25.2 Å². The van der Waals surface area contributed by atoms with Gasteiger partial charge in [0.05, 0.1) is 19.9 Å². The second-order valence-corrected chi connectivity index (χ2v) is 4.50. The predicted octanol–water partition coefficient (Wildman–Crippen LogP) is 2.98. The molecule has 0 aliphatic rings. The number of ether oxygens (including phenoxy) is 2. The van der Waals surface area contributed by atoms with Gasteiger partial charge in [-0.2, -0.15) is 13.2 Å². The summed E-state index contributed by atoms with van der Waals surface area (Å²) in [6.45, 7) is 0. The van der Waals surface area contributed by atoms with Gasteiger partial charge in [-0.25, -0.2) is 4.68 Å². The Morgan fingerprint density at radius 2 is 1.62 bits per heavy atom. The summed E-state index contributed by atoms with van der Waals surface area (Å²) in [5.41, 5.74) is 0.164. The minimum Gasteiger partial charge on any atom is -0.497 e. The molecule has 21 heavy (non-hydrogen) atoms. The monoisotopic (exact) mass is 319 g/mol. The van der Waals surface area contributed by atoms with Crippen LogP contribution in [0.4, 0.5) is 13.2 Å². The highest BCUT2D eigenvalue weighted by Crippen LogP contribution is 2.32. The number of nitrogens with zero attached hydrogens (tertiary/aromatic N) is 3. The van der Waals surface area contributed by atoms with Crippen LogP contribution < -0.4 is 9.47 Å². The van der Waals surface area contributed by atoms with Crippen molar-refractivity contribution in [2.45, 2.75) is 6.18 Å². The van der Waals surface area contributed by atoms with Crippen molar-refractivity contribution < 1.29 is 22.6 Å². The van der Waals surface area contributed by atoms with Crippen LogP contribution in [-0.4, -0.2) is 28.6 Å². The van der Waals surface area contributed by atoms with Crippen molar-refractivity contribution >= 4 is 12.2 Å². The van der Waals surface area contributed by atoms with Gasteiger partial charge in [0.15, 0.2) is 0 Å². The number of rotatable bonds is 3. The maximum atomic E-state index is 13.1. The number of halogens is 3. The highest BCUT2D eigenvalue weighted by molar-refractivity contribution is 7.71. The molecule has 0 spiro atoms. The van der Waals surface area contributed by atoms with E-state index >= 15 is 0 Å². The molecule has 0 aliphatic heterocycles. The maximum absolute atomic E-state index is 13.1. The van der Waals surface area contributed by atoms with Crippen LogP contribution in [0.3, 0.4) is 0 Å². The molecule has 2 rings (SSSR count). The van der Waals surface area contributed by atoms with E-state index in [2.05, 4.69) is 5.10 Å². The summed E-state index contributed by atoms with van der Waals surface area (Å²) in [6, 6.07) is 4.40. The molecular formula is C12H12F3N3O2S. The lowest BCUT2D eigenvalue weighted by Crippen LogP contribution is -2.14. The number of alkyl halides is 3. The van der Waals surface area contributed by atoms with Gasteiger partial charge in [0.2, 0.25) is 10.6 Å². The molecule has 0 amide bonds. The standard InChI is InChI=1S/C12H12F3N3O2S/c1-17-11(21)18(10(16-17)12(13,14)15)7-4-8(19-2)6-9(5-7)20-3/h4-6H,1-3H3. The largest absolute Gasteiger partial charge is 0.497 e. The number of hydrogen-bond acceptors (Lipinski definition) is 4. The van der Waals surface area contributed by atoms with Crippen molar-refractivity contribution in [2.75, 3.05) is 14.2 Å². The van der Waals surface area contributed by atoms with E-state index < -0.39 is 12.0 Å². The van der Waals surface area contributed by atoms with Crippen molar-refractivity contribution in [1.82, 2.24) is 14.3 Å². The topological polar surface area (TPSA) is 41.2 Å². The molecule has 5 nitrogen and oxygen atoms in total. The fraction of sp³-hybridized carbons (Fsp3) is 0.333. The zero-order valence-corrected chi connectivity index (χ0v) is 12.2. The number of benzene rings is 1.